The van der Waals surface area contributed by atoms with Crippen molar-refractivity contribution in [1.82, 2.24) is 0 Å². The maximum Gasteiger partial charge on any atom is 0.125 e. The van der Waals surface area contributed by atoms with E-state index in [1.807, 2.05) is 13.0 Å². The molecule has 0 aliphatic rings. The number of hydrogen-bond acceptors (Lipinski definition) is 2. The number of rotatable bonds is 4. The number of aliphatic hydroxyl groups excluding tert-OH is 1. The number of benzene rings is 1. The lowest BCUT2D eigenvalue weighted by Crippen LogP contribution is -2.03. The highest BCUT2D eigenvalue weighted by atomic mass is 19.1. The van der Waals surface area contributed by atoms with Crippen LogP contribution in [0.1, 0.15) is 24.2 Å². The van der Waals surface area contributed by atoms with E-state index >= 15 is 0 Å². The predicted molar refractivity (Wildman–Crippen MR) is 53.3 cm³/mol. The van der Waals surface area contributed by atoms with Gasteiger partial charge < -0.3 is 9.84 Å². The van der Waals surface area contributed by atoms with Gasteiger partial charge in [-0.1, -0.05) is 12.1 Å². The Morgan fingerprint density at radius 2 is 2.21 bits per heavy atom. The average Bonchev–Trinajstić information content (AvgIpc) is 2.14. The first-order chi connectivity index (χ1) is 6.65. The maximum absolute atomic E-state index is 11.9. The number of aryl methyl sites for hydroxylation is 1. The monoisotopic (exact) mass is 198 g/mol. The molecule has 3 heteroatoms. The Hall–Kier alpha value is -1.09. The van der Waals surface area contributed by atoms with Crippen LogP contribution in [0.3, 0.4) is 0 Å². The highest BCUT2D eigenvalue weighted by molar-refractivity contribution is 5.38. The fourth-order valence-corrected chi connectivity index (χ4v) is 1.26. The first-order valence-electron chi connectivity index (χ1n) is 4.62. The Morgan fingerprint density at radius 1 is 1.50 bits per heavy atom. The van der Waals surface area contributed by atoms with Crippen molar-refractivity contribution >= 4 is 0 Å². The summed E-state index contributed by atoms with van der Waals surface area (Å²) in [4.78, 5) is 0. The molecule has 0 aliphatic carbocycles. The second kappa shape index (κ2) is 4.96. The van der Waals surface area contributed by atoms with E-state index in [2.05, 4.69) is 0 Å². The zero-order chi connectivity index (χ0) is 10.6. The quantitative estimate of drug-likeness (QED) is 0.805. The summed E-state index contributed by atoms with van der Waals surface area (Å²) >= 11 is 0. The first kappa shape index (κ1) is 11.0. The third-order valence-electron chi connectivity index (χ3n) is 1.95. The number of aliphatic hydroxyl groups is 1. The van der Waals surface area contributed by atoms with Crippen LogP contribution in [0, 0.1) is 6.92 Å². The van der Waals surface area contributed by atoms with Crippen molar-refractivity contribution in [2.75, 3.05) is 13.3 Å². The van der Waals surface area contributed by atoms with Crippen LogP contribution in [-0.4, -0.2) is 18.4 Å². The fourth-order valence-electron chi connectivity index (χ4n) is 1.26. The van der Waals surface area contributed by atoms with Gasteiger partial charge in [-0.05, 0) is 25.5 Å². The predicted octanol–water partition coefficient (Wildman–Crippen LogP) is 2.40. The van der Waals surface area contributed by atoms with Crippen molar-refractivity contribution in [3.05, 3.63) is 29.3 Å². The third-order valence-corrected chi connectivity index (χ3v) is 1.95. The molecule has 1 aromatic rings. The molecule has 0 saturated carbocycles. The van der Waals surface area contributed by atoms with E-state index in [1.54, 1.807) is 19.1 Å². The van der Waals surface area contributed by atoms with Crippen LogP contribution < -0.4 is 4.74 Å². The van der Waals surface area contributed by atoms with E-state index in [1.165, 1.54) is 0 Å². The fraction of sp³-hybridized carbons (Fsp3) is 0.455. The van der Waals surface area contributed by atoms with E-state index in [0.29, 0.717) is 11.3 Å². The summed E-state index contributed by atoms with van der Waals surface area (Å²) in [6, 6.07) is 5.50. The van der Waals surface area contributed by atoms with E-state index in [4.69, 9.17) is 4.74 Å². The molecule has 0 saturated heterocycles. The van der Waals surface area contributed by atoms with Crippen LogP contribution in [0.25, 0.3) is 0 Å². The van der Waals surface area contributed by atoms with E-state index in [0.717, 1.165) is 5.56 Å². The second-order valence-electron chi connectivity index (χ2n) is 3.25. The second-order valence-corrected chi connectivity index (χ2v) is 3.25. The van der Waals surface area contributed by atoms with Crippen molar-refractivity contribution in [3.63, 3.8) is 0 Å². The molecule has 14 heavy (non-hydrogen) atoms. The number of ether oxygens (including phenoxy) is 1. The van der Waals surface area contributed by atoms with Gasteiger partial charge in [-0.25, -0.2) is 4.39 Å². The molecular formula is C11H15FO2. The highest BCUT2D eigenvalue weighted by Gasteiger charge is 2.08. The van der Waals surface area contributed by atoms with Crippen LogP contribution >= 0.6 is 0 Å². The minimum absolute atomic E-state index is 0.0309. The SMILES string of the molecule is Cc1ccc(C(C)O)c(OCCF)c1. The van der Waals surface area contributed by atoms with Gasteiger partial charge in [0, 0.05) is 5.56 Å². The molecule has 0 heterocycles. The molecule has 0 fully saturated rings. The highest BCUT2D eigenvalue weighted by Crippen LogP contribution is 2.26. The zero-order valence-corrected chi connectivity index (χ0v) is 8.46. The number of halogens is 1. The van der Waals surface area contributed by atoms with Gasteiger partial charge in [-0.15, -0.1) is 0 Å². The smallest absolute Gasteiger partial charge is 0.125 e. The van der Waals surface area contributed by atoms with Gasteiger partial charge in [0.2, 0.25) is 0 Å². The normalized spacial score (nSPS) is 12.6. The Bertz CT molecular complexity index is 297. The van der Waals surface area contributed by atoms with Crippen LogP contribution in [-0.2, 0) is 0 Å². The van der Waals surface area contributed by atoms with E-state index in [-0.39, 0.29) is 6.61 Å². The Balaban J connectivity index is 2.91. The number of alkyl halides is 1. The minimum atomic E-state index is -0.592. The average molecular weight is 198 g/mol. The van der Waals surface area contributed by atoms with Crippen LogP contribution in [0.15, 0.2) is 18.2 Å². The Morgan fingerprint density at radius 3 is 2.79 bits per heavy atom. The molecule has 1 unspecified atom stereocenters. The molecule has 0 spiro atoms. The summed E-state index contributed by atoms with van der Waals surface area (Å²) in [7, 11) is 0. The zero-order valence-electron chi connectivity index (χ0n) is 8.46. The van der Waals surface area contributed by atoms with Gasteiger partial charge in [-0.2, -0.15) is 0 Å². The lowest BCUT2D eigenvalue weighted by molar-refractivity contribution is 0.189. The standard InChI is InChI=1S/C11H15FO2/c1-8-3-4-10(9(2)13)11(7-8)14-6-5-12/h3-4,7,9,13H,5-6H2,1-2H3. The van der Waals surface area contributed by atoms with Gasteiger partial charge in [0.15, 0.2) is 0 Å². The molecule has 0 amide bonds. The molecule has 1 aromatic carbocycles. The van der Waals surface area contributed by atoms with Gasteiger partial charge in [0.1, 0.15) is 19.0 Å². The summed E-state index contributed by atoms with van der Waals surface area (Å²) in [6.07, 6.45) is -0.592. The molecular weight excluding hydrogens is 183 g/mol. The topological polar surface area (TPSA) is 29.5 Å². The van der Waals surface area contributed by atoms with Crippen molar-refractivity contribution in [2.45, 2.75) is 20.0 Å². The Kier molecular flexibility index (Phi) is 3.89. The molecule has 0 aromatic heterocycles. The molecule has 1 N–H and O–H groups in total. The molecule has 1 rings (SSSR count). The molecule has 0 aliphatic heterocycles. The van der Waals surface area contributed by atoms with Crippen molar-refractivity contribution in [1.29, 1.82) is 0 Å². The van der Waals surface area contributed by atoms with Crippen molar-refractivity contribution in [3.8, 4) is 5.75 Å². The summed E-state index contributed by atoms with van der Waals surface area (Å²) in [5.74, 6) is 0.567. The van der Waals surface area contributed by atoms with Crippen LogP contribution in [0.4, 0.5) is 4.39 Å². The lowest BCUT2D eigenvalue weighted by atomic mass is 10.1. The summed E-state index contributed by atoms with van der Waals surface area (Å²) < 4.78 is 17.1. The Labute approximate surface area is 83.3 Å². The van der Waals surface area contributed by atoms with E-state index in [9.17, 15) is 9.50 Å². The largest absolute Gasteiger partial charge is 0.490 e. The molecule has 78 valence electrons. The molecule has 0 radical (unpaired) electrons. The minimum Gasteiger partial charge on any atom is -0.490 e. The molecule has 0 bridgehead atoms. The van der Waals surface area contributed by atoms with Crippen molar-refractivity contribution < 1.29 is 14.2 Å². The number of hydrogen-bond donors (Lipinski definition) is 1. The summed E-state index contributed by atoms with van der Waals surface area (Å²) in [5, 5.41) is 9.42. The van der Waals surface area contributed by atoms with Gasteiger partial charge in [0.05, 0.1) is 6.10 Å². The van der Waals surface area contributed by atoms with Crippen molar-refractivity contribution in [2.24, 2.45) is 0 Å². The summed E-state index contributed by atoms with van der Waals surface area (Å²) in [6.45, 7) is 3.09. The summed E-state index contributed by atoms with van der Waals surface area (Å²) in [5.41, 5.74) is 1.73. The third kappa shape index (κ3) is 2.70. The van der Waals surface area contributed by atoms with E-state index < -0.39 is 12.8 Å². The lowest BCUT2D eigenvalue weighted by Gasteiger charge is -2.13. The molecule has 2 nitrogen and oxygen atoms in total. The van der Waals surface area contributed by atoms with Crippen LogP contribution in [0.2, 0.25) is 0 Å². The first-order valence-corrected chi connectivity index (χ1v) is 4.62. The molecule has 1 atom stereocenters. The van der Waals surface area contributed by atoms with Crippen LogP contribution in [0.5, 0.6) is 5.75 Å². The van der Waals surface area contributed by atoms with Gasteiger partial charge in [0.25, 0.3) is 0 Å². The van der Waals surface area contributed by atoms with Gasteiger partial charge in [-0.3, -0.25) is 0 Å². The van der Waals surface area contributed by atoms with Gasteiger partial charge >= 0.3 is 0 Å². The maximum atomic E-state index is 11.9.